The summed E-state index contributed by atoms with van der Waals surface area (Å²) in [5.74, 6) is 1.43. The predicted molar refractivity (Wildman–Crippen MR) is 76.7 cm³/mol. The largest absolute Gasteiger partial charge is 0.316 e. The summed E-state index contributed by atoms with van der Waals surface area (Å²) in [5.41, 5.74) is 11.4. The maximum Gasteiger partial charge on any atom is 0.0523 e. The number of hydrogen-bond donors (Lipinski definition) is 2. The molecule has 0 aromatic rings. The van der Waals surface area contributed by atoms with Crippen LogP contribution in [0, 0.1) is 11.8 Å². The van der Waals surface area contributed by atoms with Crippen LogP contribution in [0.15, 0.2) is 0 Å². The minimum Gasteiger partial charge on any atom is -0.316 e. The molecule has 0 spiro atoms. The molecule has 3 heteroatoms. The van der Waals surface area contributed by atoms with Gasteiger partial charge >= 0.3 is 0 Å². The zero-order chi connectivity index (χ0) is 13.3. The molecule has 0 amide bonds. The topological polar surface area (TPSA) is 55.3 Å². The minimum absolute atomic E-state index is 0.148. The van der Waals surface area contributed by atoms with Gasteiger partial charge in [-0.25, -0.2) is 0 Å². The summed E-state index contributed by atoms with van der Waals surface area (Å²) in [5, 5.41) is 0. The van der Waals surface area contributed by atoms with E-state index in [2.05, 4.69) is 32.6 Å². The highest BCUT2D eigenvalue weighted by molar-refractivity contribution is 4.69. The van der Waals surface area contributed by atoms with Gasteiger partial charge in [-0.2, -0.15) is 0 Å². The highest BCUT2D eigenvalue weighted by Crippen LogP contribution is 2.24. The predicted octanol–water partition coefficient (Wildman–Crippen LogP) is 2.40. The zero-order valence-electron chi connectivity index (χ0n) is 12.3. The molecule has 0 radical (unpaired) electrons. The van der Waals surface area contributed by atoms with Crippen molar-refractivity contribution in [2.24, 2.45) is 23.3 Å². The van der Waals surface area contributed by atoms with Gasteiger partial charge < -0.3 is 16.4 Å². The molecular formula is C14H33N3. The van der Waals surface area contributed by atoms with Crippen LogP contribution in [0.25, 0.3) is 0 Å². The lowest BCUT2D eigenvalue weighted by molar-refractivity contribution is 0.251. The van der Waals surface area contributed by atoms with Gasteiger partial charge in [-0.15, -0.1) is 0 Å². The second kappa shape index (κ2) is 9.86. The van der Waals surface area contributed by atoms with E-state index in [0.29, 0.717) is 5.92 Å². The number of rotatable bonds is 10. The Balaban J connectivity index is 3.85. The standard InChI is InChI=1S/C14H33N3/c1-5-13(11-14(15)16)12(4)9-8-10-17(6-2)7-3/h12-14H,5-11,15-16H2,1-4H3/i17+1. The van der Waals surface area contributed by atoms with Crippen LogP contribution in [0.5, 0.6) is 0 Å². The average Bonchev–Trinajstić information content (AvgIpc) is 2.31. The lowest BCUT2D eigenvalue weighted by Gasteiger charge is -2.25. The van der Waals surface area contributed by atoms with E-state index >= 15 is 0 Å². The van der Waals surface area contributed by atoms with Crippen LogP contribution in [0.1, 0.15) is 53.4 Å². The lowest BCUT2D eigenvalue weighted by Crippen LogP contribution is -2.34. The Kier molecular flexibility index (Phi) is 9.79. The van der Waals surface area contributed by atoms with Gasteiger partial charge in [0, 0.05) is 0 Å². The molecule has 0 bridgehead atoms. The molecule has 104 valence electrons. The first-order valence-electron chi connectivity index (χ1n) is 7.28. The first-order valence-corrected chi connectivity index (χ1v) is 7.28. The second-order valence-electron chi connectivity index (χ2n) is 5.21. The third-order valence-electron chi connectivity index (χ3n) is 3.93. The molecule has 0 heterocycles. The smallest absolute Gasteiger partial charge is 0.0523 e. The van der Waals surface area contributed by atoms with Gasteiger partial charge in [0.05, 0.1) is 6.17 Å². The molecule has 0 rings (SSSR count). The van der Waals surface area contributed by atoms with Crippen LogP contribution >= 0.6 is 0 Å². The fourth-order valence-corrected chi connectivity index (χ4v) is 2.56. The van der Waals surface area contributed by atoms with Crippen LogP contribution in [-0.2, 0) is 0 Å². The van der Waals surface area contributed by atoms with Crippen LogP contribution < -0.4 is 11.5 Å². The molecule has 0 fully saturated rings. The summed E-state index contributed by atoms with van der Waals surface area (Å²) in [4.78, 5) is 2.49. The van der Waals surface area contributed by atoms with Crippen molar-refractivity contribution < 1.29 is 0 Å². The molecule has 17 heavy (non-hydrogen) atoms. The fraction of sp³-hybridized carbons (Fsp3) is 1.00. The van der Waals surface area contributed by atoms with Crippen LogP contribution in [0.2, 0.25) is 0 Å². The molecular weight excluding hydrogens is 211 g/mol. The van der Waals surface area contributed by atoms with Crippen molar-refractivity contribution in [3.8, 4) is 0 Å². The van der Waals surface area contributed by atoms with E-state index < -0.39 is 0 Å². The fourth-order valence-electron chi connectivity index (χ4n) is 2.56. The van der Waals surface area contributed by atoms with Gasteiger partial charge in [0.2, 0.25) is 0 Å². The van der Waals surface area contributed by atoms with Crippen molar-refractivity contribution >= 4 is 0 Å². The van der Waals surface area contributed by atoms with Crippen molar-refractivity contribution in [2.75, 3.05) is 19.6 Å². The molecule has 4 N–H and O–H groups in total. The normalized spacial score (nSPS) is 15.5. The van der Waals surface area contributed by atoms with E-state index in [0.717, 1.165) is 25.4 Å². The van der Waals surface area contributed by atoms with Gasteiger partial charge in [-0.05, 0) is 50.7 Å². The summed E-state index contributed by atoms with van der Waals surface area (Å²) in [6.45, 7) is 12.6. The van der Waals surface area contributed by atoms with Crippen molar-refractivity contribution in [3.05, 3.63) is 0 Å². The Labute approximate surface area is 108 Å². The Morgan fingerprint density at radius 1 is 1.06 bits per heavy atom. The van der Waals surface area contributed by atoms with E-state index in [1.807, 2.05) is 0 Å². The van der Waals surface area contributed by atoms with Crippen molar-refractivity contribution in [2.45, 2.75) is 59.5 Å². The molecule has 0 aromatic heterocycles. The van der Waals surface area contributed by atoms with Crippen LogP contribution in [0.3, 0.4) is 0 Å². The van der Waals surface area contributed by atoms with Crippen molar-refractivity contribution in [1.82, 2.24) is 4.90 Å². The van der Waals surface area contributed by atoms with E-state index in [1.54, 1.807) is 0 Å². The summed E-state index contributed by atoms with van der Waals surface area (Å²) >= 11 is 0. The number of nitrogens with two attached hydrogens (primary N) is 2. The van der Waals surface area contributed by atoms with Crippen LogP contribution in [-0.4, -0.2) is 30.7 Å². The molecule has 2 unspecified atom stereocenters. The Morgan fingerprint density at radius 2 is 1.65 bits per heavy atom. The third kappa shape index (κ3) is 7.74. The molecule has 0 saturated carbocycles. The van der Waals surface area contributed by atoms with E-state index in [4.69, 9.17) is 11.5 Å². The Hall–Kier alpha value is -0.120. The van der Waals surface area contributed by atoms with Gasteiger partial charge in [-0.3, -0.25) is 0 Å². The summed E-state index contributed by atoms with van der Waals surface area (Å²) in [6, 6.07) is 0. The average molecular weight is 244 g/mol. The monoisotopic (exact) mass is 244 g/mol. The van der Waals surface area contributed by atoms with Crippen LogP contribution in [0.4, 0.5) is 0 Å². The zero-order valence-corrected chi connectivity index (χ0v) is 12.3. The van der Waals surface area contributed by atoms with E-state index in [1.165, 1.54) is 25.8 Å². The SMILES string of the molecule is CCC(CC(N)N)C(C)CCC[15N](CC)CC. The highest BCUT2D eigenvalue weighted by atomic mass is 15.8. The van der Waals surface area contributed by atoms with Gasteiger partial charge in [0.1, 0.15) is 0 Å². The van der Waals surface area contributed by atoms with E-state index in [-0.39, 0.29) is 6.17 Å². The summed E-state index contributed by atoms with van der Waals surface area (Å²) in [6.07, 6.45) is 4.59. The van der Waals surface area contributed by atoms with Gasteiger partial charge in [0.15, 0.2) is 0 Å². The number of nitrogens with zero attached hydrogens (tertiary/aromatic N) is 1. The maximum absolute atomic E-state index is 5.70. The second-order valence-corrected chi connectivity index (χ2v) is 5.21. The van der Waals surface area contributed by atoms with Crippen molar-refractivity contribution in [3.63, 3.8) is 0 Å². The Morgan fingerprint density at radius 3 is 2.06 bits per heavy atom. The van der Waals surface area contributed by atoms with Crippen molar-refractivity contribution in [1.29, 1.82) is 0 Å². The maximum atomic E-state index is 5.70. The first-order chi connectivity index (χ1) is 8.04. The molecule has 0 aliphatic carbocycles. The highest BCUT2D eigenvalue weighted by Gasteiger charge is 2.17. The Bertz CT molecular complexity index is 167. The van der Waals surface area contributed by atoms with Gasteiger partial charge in [0.25, 0.3) is 0 Å². The summed E-state index contributed by atoms with van der Waals surface area (Å²) < 4.78 is 0. The molecule has 2 atom stereocenters. The molecule has 0 aromatic carbocycles. The summed E-state index contributed by atoms with van der Waals surface area (Å²) in [7, 11) is 0. The number of hydrogen-bond acceptors (Lipinski definition) is 3. The lowest BCUT2D eigenvalue weighted by atomic mass is 9.85. The quantitative estimate of drug-likeness (QED) is 0.458. The minimum atomic E-state index is -0.148. The molecule has 3 nitrogen and oxygen atoms in total. The van der Waals surface area contributed by atoms with E-state index in [9.17, 15) is 0 Å². The van der Waals surface area contributed by atoms with Gasteiger partial charge in [-0.1, -0.05) is 34.1 Å². The first kappa shape index (κ1) is 16.9. The molecule has 0 aliphatic rings. The third-order valence-corrected chi connectivity index (χ3v) is 3.93. The molecule has 0 aliphatic heterocycles. The molecule has 0 saturated heterocycles.